The van der Waals surface area contributed by atoms with Gasteiger partial charge in [-0.3, -0.25) is 14.6 Å². The van der Waals surface area contributed by atoms with E-state index in [1.54, 1.807) is 6.07 Å². The third kappa shape index (κ3) is 2.47. The van der Waals surface area contributed by atoms with Gasteiger partial charge in [0.2, 0.25) is 0 Å². The maximum Gasteiger partial charge on any atom is 0.198 e. The molecule has 4 N–H and O–H groups in total. The lowest BCUT2D eigenvalue weighted by molar-refractivity contribution is 0.0980. The molecule has 3 rings (SSSR count). The van der Waals surface area contributed by atoms with E-state index in [1.807, 2.05) is 19.1 Å². The molecule has 0 saturated carbocycles. The van der Waals surface area contributed by atoms with Crippen LogP contribution in [0.1, 0.15) is 38.8 Å². The van der Waals surface area contributed by atoms with Crippen LogP contribution in [0.15, 0.2) is 30.6 Å². The average molecular weight is 310 g/mol. The van der Waals surface area contributed by atoms with Gasteiger partial charge in [-0.15, -0.1) is 0 Å². The maximum absolute atomic E-state index is 12.9. The summed E-state index contributed by atoms with van der Waals surface area (Å²) in [4.78, 5) is 29.8. The molecule has 23 heavy (non-hydrogen) atoms. The highest BCUT2D eigenvalue weighted by atomic mass is 16.1. The van der Waals surface area contributed by atoms with E-state index in [4.69, 9.17) is 5.73 Å². The van der Waals surface area contributed by atoms with Crippen LogP contribution in [0.25, 0.3) is 0 Å². The number of aromatic nitrogens is 1. The largest absolute Gasteiger partial charge is 0.385 e. The number of pyridine rings is 1. The second-order valence-electron chi connectivity index (χ2n) is 5.24. The number of nitrogens with two attached hydrogens (primary N) is 1. The molecule has 0 bridgehead atoms. The van der Waals surface area contributed by atoms with Crippen molar-refractivity contribution in [2.75, 3.05) is 30.3 Å². The number of hydrogen-bond donors (Lipinski definition) is 3. The maximum atomic E-state index is 12.9. The molecule has 1 heterocycles. The highest BCUT2D eigenvalue weighted by Crippen LogP contribution is 2.36. The Morgan fingerprint density at radius 2 is 1.65 bits per heavy atom. The fourth-order valence-corrected chi connectivity index (χ4v) is 2.81. The number of benzene rings is 1. The van der Waals surface area contributed by atoms with Crippen LogP contribution in [0.5, 0.6) is 0 Å². The Labute approximate surface area is 134 Å². The first kappa shape index (κ1) is 15.2. The lowest BCUT2D eigenvalue weighted by Crippen LogP contribution is -2.25. The van der Waals surface area contributed by atoms with Gasteiger partial charge in [0.1, 0.15) is 0 Å². The smallest absolute Gasteiger partial charge is 0.198 e. The molecule has 1 aliphatic rings. The van der Waals surface area contributed by atoms with E-state index < -0.39 is 0 Å². The third-order valence-electron chi connectivity index (χ3n) is 3.80. The molecule has 0 spiro atoms. The van der Waals surface area contributed by atoms with Crippen molar-refractivity contribution in [3.63, 3.8) is 0 Å². The Hall–Kier alpha value is -2.73. The van der Waals surface area contributed by atoms with Crippen molar-refractivity contribution in [2.45, 2.75) is 6.92 Å². The third-order valence-corrected chi connectivity index (χ3v) is 3.80. The van der Waals surface area contributed by atoms with Crippen LogP contribution in [-0.4, -0.2) is 36.2 Å². The van der Waals surface area contributed by atoms with Crippen LogP contribution < -0.4 is 16.4 Å². The number of nitrogens with one attached hydrogen (secondary N) is 2. The van der Waals surface area contributed by atoms with E-state index in [0.29, 0.717) is 53.3 Å². The highest BCUT2D eigenvalue weighted by molar-refractivity contribution is 6.31. The van der Waals surface area contributed by atoms with E-state index in [1.165, 1.54) is 12.4 Å². The van der Waals surface area contributed by atoms with Gasteiger partial charge in [-0.05, 0) is 25.1 Å². The lowest BCUT2D eigenvalue weighted by Gasteiger charge is -2.23. The first-order valence-electron chi connectivity index (χ1n) is 7.57. The van der Waals surface area contributed by atoms with E-state index in [-0.39, 0.29) is 11.6 Å². The molecule has 0 atom stereocenters. The Balaban J connectivity index is 2.23. The van der Waals surface area contributed by atoms with Crippen molar-refractivity contribution in [1.82, 2.24) is 4.98 Å². The standard InChI is InChI=1S/C17H18N4O2/c1-2-20-12-3-4-13(21-8-6-18)15-14(12)17(23)11-9-19-7-5-10(11)16(15)22/h3-5,7,9,20-21H,2,6,8,18H2,1H3. The number of fused-ring (bicyclic) bond motifs is 2. The minimum Gasteiger partial charge on any atom is -0.385 e. The van der Waals surface area contributed by atoms with E-state index in [9.17, 15) is 9.59 Å². The minimum absolute atomic E-state index is 0.170. The van der Waals surface area contributed by atoms with Crippen molar-refractivity contribution in [3.05, 3.63) is 52.8 Å². The van der Waals surface area contributed by atoms with Crippen molar-refractivity contribution in [3.8, 4) is 0 Å². The summed E-state index contributed by atoms with van der Waals surface area (Å²) in [5.74, 6) is -0.355. The number of carbonyl (C=O) groups excluding carboxylic acids is 2. The van der Waals surface area contributed by atoms with Gasteiger partial charge in [0.15, 0.2) is 11.6 Å². The van der Waals surface area contributed by atoms with Crippen molar-refractivity contribution < 1.29 is 9.59 Å². The van der Waals surface area contributed by atoms with Crippen molar-refractivity contribution in [2.24, 2.45) is 5.73 Å². The number of hydrogen-bond acceptors (Lipinski definition) is 6. The van der Waals surface area contributed by atoms with Gasteiger partial charge in [-0.1, -0.05) is 0 Å². The molecule has 6 heteroatoms. The Kier molecular flexibility index (Phi) is 4.08. The Morgan fingerprint density at radius 3 is 2.30 bits per heavy atom. The average Bonchev–Trinajstić information content (AvgIpc) is 2.58. The summed E-state index contributed by atoms with van der Waals surface area (Å²) in [6, 6.07) is 5.21. The number of ketones is 2. The molecule has 6 nitrogen and oxygen atoms in total. The molecule has 2 aromatic rings. The molecule has 0 radical (unpaired) electrons. The van der Waals surface area contributed by atoms with Crippen molar-refractivity contribution in [1.29, 1.82) is 0 Å². The van der Waals surface area contributed by atoms with Gasteiger partial charge in [-0.2, -0.15) is 0 Å². The quantitative estimate of drug-likeness (QED) is 0.663. The Morgan fingerprint density at radius 1 is 1.00 bits per heavy atom. The fourth-order valence-electron chi connectivity index (χ4n) is 2.81. The monoisotopic (exact) mass is 310 g/mol. The van der Waals surface area contributed by atoms with Crippen LogP contribution in [0, 0.1) is 0 Å². The number of anilines is 2. The molecule has 0 fully saturated rings. The van der Waals surface area contributed by atoms with Crippen LogP contribution in [0.2, 0.25) is 0 Å². The zero-order chi connectivity index (χ0) is 16.4. The molecule has 0 amide bonds. The second-order valence-corrected chi connectivity index (χ2v) is 5.24. The topological polar surface area (TPSA) is 97.1 Å². The molecule has 1 aromatic carbocycles. The number of carbonyl (C=O) groups is 2. The lowest BCUT2D eigenvalue weighted by atomic mass is 9.83. The van der Waals surface area contributed by atoms with Crippen LogP contribution in [0.4, 0.5) is 11.4 Å². The SMILES string of the molecule is CCNc1ccc(NCCN)c2c1C(=O)c1cnccc1C2=O. The molecular formula is C17H18N4O2. The fraction of sp³-hybridized carbons (Fsp3) is 0.235. The summed E-state index contributed by atoms with van der Waals surface area (Å²) in [7, 11) is 0. The molecule has 0 unspecified atom stereocenters. The van der Waals surface area contributed by atoms with Gasteiger partial charge in [0.25, 0.3) is 0 Å². The normalized spacial score (nSPS) is 12.6. The zero-order valence-electron chi connectivity index (χ0n) is 12.8. The molecule has 0 saturated heterocycles. The van der Waals surface area contributed by atoms with Crippen molar-refractivity contribution >= 4 is 22.9 Å². The summed E-state index contributed by atoms with van der Waals surface area (Å²) in [5.41, 5.74) is 8.37. The summed E-state index contributed by atoms with van der Waals surface area (Å²) in [6.45, 7) is 3.56. The highest BCUT2D eigenvalue weighted by Gasteiger charge is 2.33. The molecule has 0 aliphatic heterocycles. The van der Waals surface area contributed by atoms with Crippen LogP contribution in [0.3, 0.4) is 0 Å². The summed E-state index contributed by atoms with van der Waals surface area (Å²) < 4.78 is 0. The molecular weight excluding hydrogens is 292 g/mol. The summed E-state index contributed by atoms with van der Waals surface area (Å²) in [5, 5.41) is 6.29. The van der Waals surface area contributed by atoms with E-state index in [2.05, 4.69) is 15.6 Å². The first-order valence-corrected chi connectivity index (χ1v) is 7.57. The summed E-state index contributed by atoms with van der Waals surface area (Å²) in [6.07, 6.45) is 2.98. The van der Waals surface area contributed by atoms with Gasteiger partial charge in [0, 0.05) is 49.0 Å². The van der Waals surface area contributed by atoms with Gasteiger partial charge < -0.3 is 16.4 Å². The molecule has 1 aliphatic carbocycles. The molecule has 118 valence electrons. The predicted octanol–water partition coefficient (Wildman–Crippen LogP) is 1.66. The van der Waals surface area contributed by atoms with Crippen LogP contribution >= 0.6 is 0 Å². The number of rotatable bonds is 5. The van der Waals surface area contributed by atoms with Gasteiger partial charge in [0.05, 0.1) is 16.7 Å². The first-order chi connectivity index (χ1) is 11.2. The Bertz CT molecular complexity index is 786. The zero-order valence-corrected chi connectivity index (χ0v) is 12.8. The predicted molar refractivity (Wildman–Crippen MR) is 89.3 cm³/mol. The van der Waals surface area contributed by atoms with Crippen LogP contribution in [-0.2, 0) is 0 Å². The van der Waals surface area contributed by atoms with Gasteiger partial charge in [-0.25, -0.2) is 0 Å². The second kappa shape index (κ2) is 6.18. The summed E-state index contributed by atoms with van der Waals surface area (Å²) >= 11 is 0. The van der Waals surface area contributed by atoms with E-state index >= 15 is 0 Å². The van der Waals surface area contributed by atoms with Gasteiger partial charge >= 0.3 is 0 Å². The minimum atomic E-state index is -0.185. The van der Waals surface area contributed by atoms with E-state index in [0.717, 1.165) is 0 Å². The number of nitrogens with zero attached hydrogens (tertiary/aromatic N) is 1. The molecule has 1 aromatic heterocycles.